The number of ether oxygens (including phenoxy) is 3. The van der Waals surface area contributed by atoms with E-state index in [-0.39, 0.29) is 12.0 Å². The lowest BCUT2D eigenvalue weighted by Gasteiger charge is -2.12. The van der Waals surface area contributed by atoms with E-state index in [0.29, 0.717) is 28.2 Å². The van der Waals surface area contributed by atoms with Gasteiger partial charge in [0.05, 0.1) is 26.2 Å². The van der Waals surface area contributed by atoms with Crippen molar-refractivity contribution >= 4 is 22.8 Å². The van der Waals surface area contributed by atoms with Gasteiger partial charge in [-0.1, -0.05) is 12.1 Å². The number of hydrogen-bond acceptors (Lipinski definition) is 6. The van der Waals surface area contributed by atoms with Gasteiger partial charge in [0.15, 0.2) is 0 Å². The summed E-state index contributed by atoms with van der Waals surface area (Å²) < 4.78 is 16.0. The van der Waals surface area contributed by atoms with E-state index in [2.05, 4.69) is 4.98 Å². The molecule has 0 saturated heterocycles. The number of carbonyl (C=O) groups excluding carboxylic acids is 2. The Morgan fingerprint density at radius 2 is 1.78 bits per heavy atom. The lowest BCUT2D eigenvalue weighted by molar-refractivity contribution is -0.117. The molecule has 27 heavy (non-hydrogen) atoms. The molecule has 7 nitrogen and oxygen atoms in total. The Labute approximate surface area is 155 Å². The summed E-state index contributed by atoms with van der Waals surface area (Å²) in [6, 6.07) is 12.0. The molecule has 0 atom stereocenters. The molecule has 0 fully saturated rings. The van der Waals surface area contributed by atoms with E-state index in [9.17, 15) is 9.59 Å². The van der Waals surface area contributed by atoms with Crippen LogP contribution in [0.1, 0.15) is 15.9 Å². The molecule has 0 radical (unpaired) electrons. The third-order valence-corrected chi connectivity index (χ3v) is 3.96. The van der Waals surface area contributed by atoms with Gasteiger partial charge in [0.2, 0.25) is 5.91 Å². The molecule has 0 spiro atoms. The van der Waals surface area contributed by atoms with Crippen LogP contribution in [0.2, 0.25) is 0 Å². The summed E-state index contributed by atoms with van der Waals surface area (Å²) in [6.07, 6.45) is 1.77. The van der Waals surface area contributed by atoms with Crippen molar-refractivity contribution in [1.82, 2.24) is 4.98 Å². The number of primary amides is 1. The third-order valence-electron chi connectivity index (χ3n) is 3.96. The molecule has 0 aliphatic rings. The van der Waals surface area contributed by atoms with Crippen LogP contribution in [0.3, 0.4) is 0 Å². The number of rotatable bonds is 6. The highest BCUT2D eigenvalue weighted by Crippen LogP contribution is 2.33. The van der Waals surface area contributed by atoms with Gasteiger partial charge in [-0.25, -0.2) is 4.79 Å². The Morgan fingerprint density at radius 3 is 2.41 bits per heavy atom. The van der Waals surface area contributed by atoms with Crippen molar-refractivity contribution in [3.05, 3.63) is 59.8 Å². The zero-order chi connectivity index (χ0) is 19.4. The van der Waals surface area contributed by atoms with Gasteiger partial charge in [-0.05, 0) is 29.8 Å². The fourth-order valence-electron chi connectivity index (χ4n) is 2.68. The number of esters is 1. The van der Waals surface area contributed by atoms with Crippen LogP contribution < -0.4 is 15.2 Å². The average Bonchev–Trinajstić information content (AvgIpc) is 2.67. The maximum atomic E-state index is 12.0. The standard InChI is InChI=1S/C20H18N2O5/c1-25-18-11-16-14(10-15(18)20(24)26-2)17(7-8-22-16)27-13-5-3-12(4-6-13)9-19(21)23/h3-8,10-11H,9H2,1-2H3,(H2,21,23). The number of pyridine rings is 1. The van der Waals surface area contributed by atoms with E-state index in [1.165, 1.54) is 14.2 Å². The predicted molar refractivity (Wildman–Crippen MR) is 99.0 cm³/mol. The van der Waals surface area contributed by atoms with Crippen LogP contribution >= 0.6 is 0 Å². The van der Waals surface area contributed by atoms with Gasteiger partial charge in [0.25, 0.3) is 0 Å². The quantitative estimate of drug-likeness (QED) is 0.673. The molecule has 0 unspecified atom stereocenters. The Kier molecular flexibility index (Phi) is 5.21. The van der Waals surface area contributed by atoms with E-state index >= 15 is 0 Å². The van der Waals surface area contributed by atoms with Gasteiger partial charge in [0, 0.05) is 17.6 Å². The summed E-state index contributed by atoms with van der Waals surface area (Å²) in [5.74, 6) is 0.559. The molecule has 2 aromatic carbocycles. The summed E-state index contributed by atoms with van der Waals surface area (Å²) >= 11 is 0. The minimum Gasteiger partial charge on any atom is -0.496 e. The molecule has 1 heterocycles. The van der Waals surface area contributed by atoms with Crippen LogP contribution in [-0.2, 0) is 16.0 Å². The average molecular weight is 366 g/mol. The van der Waals surface area contributed by atoms with Gasteiger partial charge in [-0.2, -0.15) is 0 Å². The summed E-state index contributed by atoms with van der Waals surface area (Å²) in [4.78, 5) is 27.3. The molecule has 3 rings (SSSR count). The highest BCUT2D eigenvalue weighted by atomic mass is 16.5. The topological polar surface area (TPSA) is 101 Å². The maximum absolute atomic E-state index is 12.0. The summed E-state index contributed by atoms with van der Waals surface area (Å²) in [6.45, 7) is 0. The molecule has 0 saturated carbocycles. The second kappa shape index (κ2) is 7.74. The van der Waals surface area contributed by atoms with E-state index in [1.54, 1.807) is 48.7 Å². The van der Waals surface area contributed by atoms with Crippen LogP contribution in [-0.4, -0.2) is 31.1 Å². The number of hydrogen-bond donors (Lipinski definition) is 1. The number of methoxy groups -OCH3 is 2. The lowest BCUT2D eigenvalue weighted by atomic mass is 10.1. The number of fused-ring (bicyclic) bond motifs is 1. The summed E-state index contributed by atoms with van der Waals surface area (Å²) in [7, 11) is 2.78. The summed E-state index contributed by atoms with van der Waals surface area (Å²) in [5.41, 5.74) is 6.89. The lowest BCUT2D eigenvalue weighted by Crippen LogP contribution is -2.13. The molecule has 0 aliphatic carbocycles. The maximum Gasteiger partial charge on any atom is 0.341 e. The first kappa shape index (κ1) is 18.2. The normalized spacial score (nSPS) is 10.4. The third kappa shape index (κ3) is 3.98. The van der Waals surface area contributed by atoms with E-state index in [1.807, 2.05) is 0 Å². The number of aromatic nitrogens is 1. The number of carbonyl (C=O) groups is 2. The van der Waals surface area contributed by atoms with E-state index in [4.69, 9.17) is 19.9 Å². The van der Waals surface area contributed by atoms with Crippen molar-refractivity contribution in [3.8, 4) is 17.2 Å². The Bertz CT molecular complexity index is 999. The number of amides is 1. The molecular formula is C20H18N2O5. The van der Waals surface area contributed by atoms with Crippen LogP contribution in [0.15, 0.2) is 48.7 Å². The minimum absolute atomic E-state index is 0.167. The van der Waals surface area contributed by atoms with E-state index in [0.717, 1.165) is 5.56 Å². The van der Waals surface area contributed by atoms with Gasteiger partial charge < -0.3 is 19.9 Å². The van der Waals surface area contributed by atoms with Crippen molar-refractivity contribution in [3.63, 3.8) is 0 Å². The van der Waals surface area contributed by atoms with E-state index < -0.39 is 11.9 Å². The molecule has 7 heteroatoms. The fourth-order valence-corrected chi connectivity index (χ4v) is 2.68. The van der Waals surface area contributed by atoms with Crippen LogP contribution in [0.4, 0.5) is 0 Å². The molecule has 2 N–H and O–H groups in total. The second-order valence-electron chi connectivity index (χ2n) is 5.76. The molecule has 0 bridgehead atoms. The highest BCUT2D eigenvalue weighted by molar-refractivity contribution is 5.99. The first-order valence-electron chi connectivity index (χ1n) is 8.12. The first-order valence-corrected chi connectivity index (χ1v) is 8.12. The van der Waals surface area contributed by atoms with Crippen molar-refractivity contribution in [1.29, 1.82) is 0 Å². The Hall–Kier alpha value is -3.61. The molecule has 0 aliphatic heterocycles. The smallest absolute Gasteiger partial charge is 0.341 e. The first-order chi connectivity index (χ1) is 13.0. The zero-order valence-electron chi connectivity index (χ0n) is 14.9. The van der Waals surface area contributed by atoms with Crippen molar-refractivity contribution < 1.29 is 23.8 Å². The number of benzene rings is 2. The number of nitrogens with zero attached hydrogens (tertiary/aromatic N) is 1. The molecule has 3 aromatic rings. The van der Waals surface area contributed by atoms with Crippen molar-refractivity contribution in [2.24, 2.45) is 5.73 Å². The molecule has 138 valence electrons. The highest BCUT2D eigenvalue weighted by Gasteiger charge is 2.16. The van der Waals surface area contributed by atoms with Gasteiger partial charge in [0.1, 0.15) is 22.8 Å². The molecule has 1 amide bonds. The molecular weight excluding hydrogens is 348 g/mol. The zero-order valence-corrected chi connectivity index (χ0v) is 14.9. The minimum atomic E-state index is -0.514. The number of nitrogens with two attached hydrogens (primary N) is 1. The fraction of sp³-hybridized carbons (Fsp3) is 0.150. The Morgan fingerprint density at radius 1 is 1.04 bits per heavy atom. The van der Waals surface area contributed by atoms with Gasteiger partial charge >= 0.3 is 5.97 Å². The largest absolute Gasteiger partial charge is 0.496 e. The van der Waals surface area contributed by atoms with Gasteiger partial charge in [-0.15, -0.1) is 0 Å². The van der Waals surface area contributed by atoms with Gasteiger partial charge in [-0.3, -0.25) is 9.78 Å². The summed E-state index contributed by atoms with van der Waals surface area (Å²) in [5, 5.41) is 0.639. The second-order valence-corrected chi connectivity index (χ2v) is 5.76. The SMILES string of the molecule is COC(=O)c1cc2c(Oc3ccc(CC(N)=O)cc3)ccnc2cc1OC. The van der Waals surface area contributed by atoms with Crippen LogP contribution in [0.5, 0.6) is 17.2 Å². The Balaban J connectivity index is 1.99. The van der Waals surface area contributed by atoms with Crippen molar-refractivity contribution in [2.45, 2.75) is 6.42 Å². The molecule has 1 aromatic heterocycles. The predicted octanol–water partition coefficient (Wildman–Crippen LogP) is 2.85. The van der Waals surface area contributed by atoms with Crippen LogP contribution in [0.25, 0.3) is 10.9 Å². The van der Waals surface area contributed by atoms with Crippen LogP contribution in [0, 0.1) is 0 Å². The van der Waals surface area contributed by atoms with Crippen molar-refractivity contribution in [2.75, 3.05) is 14.2 Å². The monoisotopic (exact) mass is 366 g/mol.